The smallest absolute Gasteiger partial charge is 0.475 e. The molecular formula is C22H24F3N7O5S. The number of fused-ring (bicyclic) bond motifs is 1. The molecular weight excluding hydrogens is 531 g/mol. The average molecular weight is 556 g/mol. The number of aliphatic carboxylic acids is 1. The Hall–Kier alpha value is -4.47. The first kappa shape index (κ1) is 29.8. The molecule has 1 aromatic carbocycles. The van der Waals surface area contributed by atoms with Crippen molar-refractivity contribution < 1.29 is 32.7 Å². The molecule has 16 heteroatoms. The Balaban J connectivity index is 0.000000638. The van der Waals surface area contributed by atoms with Crippen LogP contribution < -0.4 is 28.1 Å². The highest BCUT2D eigenvalue weighted by atomic mass is 32.1. The van der Waals surface area contributed by atoms with E-state index in [1.807, 2.05) is 24.3 Å². The van der Waals surface area contributed by atoms with E-state index in [9.17, 15) is 27.6 Å². The Labute approximate surface area is 217 Å². The fourth-order valence-corrected chi connectivity index (χ4v) is 3.93. The summed E-state index contributed by atoms with van der Waals surface area (Å²) in [4.78, 5) is 55.0. The van der Waals surface area contributed by atoms with Gasteiger partial charge in [0.2, 0.25) is 11.7 Å². The van der Waals surface area contributed by atoms with E-state index in [0.29, 0.717) is 29.9 Å². The molecule has 0 fully saturated rings. The highest BCUT2D eigenvalue weighted by molar-refractivity contribution is 7.20. The molecule has 8 N–H and O–H groups in total. The van der Waals surface area contributed by atoms with E-state index in [4.69, 9.17) is 27.1 Å². The molecule has 0 aliphatic rings. The maximum atomic E-state index is 13.1. The van der Waals surface area contributed by atoms with Crippen molar-refractivity contribution in [2.45, 2.75) is 31.6 Å². The Morgan fingerprint density at radius 2 is 1.82 bits per heavy atom. The lowest BCUT2D eigenvalue weighted by atomic mass is 10.1. The first-order valence-corrected chi connectivity index (χ1v) is 11.6. The van der Waals surface area contributed by atoms with E-state index < -0.39 is 29.7 Å². The van der Waals surface area contributed by atoms with Crippen LogP contribution in [0.1, 0.15) is 22.6 Å². The quantitative estimate of drug-likeness (QED) is 0.111. The molecule has 1 atom stereocenters. The molecule has 1 amide bonds. The predicted molar refractivity (Wildman–Crippen MR) is 135 cm³/mol. The number of pyridine rings is 1. The number of aromatic nitrogens is 2. The number of halogens is 3. The Morgan fingerprint density at radius 3 is 2.42 bits per heavy atom. The number of nitrogens with zero attached hydrogens (tertiary/aromatic N) is 3. The van der Waals surface area contributed by atoms with Gasteiger partial charge in [-0.3, -0.25) is 19.4 Å². The summed E-state index contributed by atoms with van der Waals surface area (Å²) in [5, 5.41) is 10.1. The third kappa shape index (κ3) is 8.88. The van der Waals surface area contributed by atoms with Gasteiger partial charge in [-0.25, -0.2) is 9.78 Å². The van der Waals surface area contributed by atoms with Crippen molar-refractivity contribution in [3.63, 3.8) is 0 Å². The largest absolute Gasteiger partial charge is 0.490 e. The monoisotopic (exact) mass is 555 g/mol. The van der Waals surface area contributed by atoms with Crippen molar-refractivity contribution in [3.05, 3.63) is 58.0 Å². The zero-order chi connectivity index (χ0) is 28.5. The fraction of sp³-hybridized carbons (Fsp3) is 0.273. The lowest BCUT2D eigenvalue weighted by Crippen LogP contribution is -2.43. The number of amides is 1. The number of nitrogens with one attached hydrogen (secondary N) is 1. The maximum Gasteiger partial charge on any atom is 0.490 e. The van der Waals surface area contributed by atoms with Gasteiger partial charge in [-0.05, 0) is 37.1 Å². The van der Waals surface area contributed by atoms with Crippen molar-refractivity contribution in [2.75, 3.05) is 12.3 Å². The Kier molecular flexibility index (Phi) is 10.3. The third-order valence-electron chi connectivity index (χ3n) is 4.71. The van der Waals surface area contributed by atoms with Gasteiger partial charge in [0, 0.05) is 12.7 Å². The van der Waals surface area contributed by atoms with Crippen LogP contribution in [0, 0.1) is 0 Å². The molecule has 0 aliphatic heterocycles. The molecule has 2 aromatic heterocycles. The molecule has 0 spiro atoms. The number of carbonyl (C=O) groups excluding carboxylic acids is 2. The van der Waals surface area contributed by atoms with Crippen LogP contribution in [-0.2, 0) is 16.1 Å². The van der Waals surface area contributed by atoms with Crippen LogP contribution in [0.25, 0.3) is 10.2 Å². The molecule has 0 bridgehead atoms. The van der Waals surface area contributed by atoms with Crippen LogP contribution in [0.4, 0.5) is 18.9 Å². The Bertz CT molecular complexity index is 1350. The number of ketones is 1. The number of alkyl halides is 3. The lowest BCUT2D eigenvalue weighted by Gasteiger charge is -2.17. The van der Waals surface area contributed by atoms with Crippen molar-refractivity contribution in [2.24, 2.45) is 16.5 Å². The molecule has 204 valence electrons. The van der Waals surface area contributed by atoms with Crippen molar-refractivity contribution in [3.8, 4) is 0 Å². The van der Waals surface area contributed by atoms with Gasteiger partial charge in [-0.1, -0.05) is 12.1 Å². The van der Waals surface area contributed by atoms with E-state index in [1.165, 1.54) is 28.2 Å². The van der Waals surface area contributed by atoms with Gasteiger partial charge in [-0.15, -0.1) is 11.3 Å². The summed E-state index contributed by atoms with van der Waals surface area (Å²) in [6.45, 7) is 0.0535. The molecule has 1 unspecified atom stereocenters. The van der Waals surface area contributed by atoms with Crippen molar-refractivity contribution >= 4 is 50.9 Å². The molecule has 3 rings (SSSR count). The van der Waals surface area contributed by atoms with Gasteiger partial charge < -0.3 is 32.2 Å². The number of hydrogen-bond donors (Lipinski definition) is 5. The summed E-state index contributed by atoms with van der Waals surface area (Å²) < 4.78 is 33.8. The third-order valence-corrected chi connectivity index (χ3v) is 5.76. The number of nitrogens with two attached hydrogens (primary N) is 3. The normalized spacial score (nSPS) is 11.7. The number of nitrogen functional groups attached to an aromatic ring is 1. The second-order valence-electron chi connectivity index (χ2n) is 7.62. The van der Waals surface area contributed by atoms with Gasteiger partial charge in [0.05, 0.1) is 21.9 Å². The van der Waals surface area contributed by atoms with Crippen molar-refractivity contribution in [1.82, 2.24) is 14.9 Å². The Morgan fingerprint density at radius 1 is 1.16 bits per heavy atom. The summed E-state index contributed by atoms with van der Waals surface area (Å²) in [7, 11) is 0. The zero-order valence-corrected chi connectivity index (χ0v) is 20.5. The minimum Gasteiger partial charge on any atom is -0.475 e. The number of carboxylic acids is 1. The molecule has 0 aliphatic carbocycles. The number of para-hydroxylation sites is 1. The topological polar surface area (TPSA) is 209 Å². The molecule has 0 saturated carbocycles. The zero-order valence-electron chi connectivity index (χ0n) is 19.6. The molecule has 0 saturated heterocycles. The second kappa shape index (κ2) is 13.2. The number of rotatable bonds is 9. The van der Waals surface area contributed by atoms with Gasteiger partial charge in [0.1, 0.15) is 6.54 Å². The van der Waals surface area contributed by atoms with Crippen LogP contribution in [0.15, 0.2) is 52.4 Å². The van der Waals surface area contributed by atoms with Crippen LogP contribution in [-0.4, -0.2) is 57.0 Å². The minimum absolute atomic E-state index is 0.0367. The van der Waals surface area contributed by atoms with E-state index >= 15 is 0 Å². The first-order valence-electron chi connectivity index (χ1n) is 10.8. The van der Waals surface area contributed by atoms with E-state index in [0.717, 1.165) is 4.70 Å². The summed E-state index contributed by atoms with van der Waals surface area (Å²) in [5.74, 6) is -3.60. The number of benzene rings is 1. The van der Waals surface area contributed by atoms with E-state index in [2.05, 4.69) is 15.3 Å². The number of anilines is 1. The van der Waals surface area contributed by atoms with E-state index in [1.54, 1.807) is 6.07 Å². The average Bonchev–Trinajstić information content (AvgIpc) is 3.27. The van der Waals surface area contributed by atoms with Gasteiger partial charge in [-0.2, -0.15) is 13.2 Å². The summed E-state index contributed by atoms with van der Waals surface area (Å²) in [6.07, 6.45) is -2.85. The highest BCUT2D eigenvalue weighted by Gasteiger charge is 2.38. The maximum absolute atomic E-state index is 13.1. The molecule has 12 nitrogen and oxygen atoms in total. The number of aliphatic imine (C=N–C) groups is 1. The van der Waals surface area contributed by atoms with Gasteiger partial charge in [0.25, 0.3) is 5.56 Å². The number of thiazole rings is 1. The molecule has 38 heavy (non-hydrogen) atoms. The SMILES string of the molecule is NC(N)=NCCCC(NC(=O)Cn1cccc(N)c1=O)C(=O)c1nc2ccccc2s1.O=C(O)C(F)(F)F. The summed E-state index contributed by atoms with van der Waals surface area (Å²) in [6, 6.07) is 9.60. The van der Waals surface area contributed by atoms with Crippen LogP contribution in [0.3, 0.4) is 0 Å². The fourth-order valence-electron chi connectivity index (χ4n) is 2.97. The standard InChI is InChI=1S/C20H23N7O3S.C2HF3O2/c21-12-5-4-10-27(19(12)30)11-16(28)25-14(7-3-9-24-20(22)23)17(29)18-26-13-6-1-2-8-15(13)31-18;3-2(4,5)1(6)7/h1-2,4-6,8,10,14H,3,7,9,11,21H2,(H,25,28)(H4,22,23,24);(H,6,7). The lowest BCUT2D eigenvalue weighted by molar-refractivity contribution is -0.192. The number of guanidine groups is 1. The van der Waals surface area contributed by atoms with Crippen LogP contribution in [0.2, 0.25) is 0 Å². The molecule has 2 heterocycles. The van der Waals surface area contributed by atoms with Gasteiger partial charge >= 0.3 is 12.1 Å². The van der Waals surface area contributed by atoms with Gasteiger partial charge in [0.15, 0.2) is 11.0 Å². The van der Waals surface area contributed by atoms with Crippen LogP contribution >= 0.6 is 11.3 Å². The molecule has 3 aromatic rings. The highest BCUT2D eigenvalue weighted by Crippen LogP contribution is 2.23. The second-order valence-corrected chi connectivity index (χ2v) is 8.65. The minimum atomic E-state index is -5.08. The number of Topliss-reactive ketones (excluding diaryl/α,β-unsaturated/α-hetero) is 1. The van der Waals surface area contributed by atoms with E-state index in [-0.39, 0.29) is 24.0 Å². The van der Waals surface area contributed by atoms with Crippen molar-refractivity contribution in [1.29, 1.82) is 0 Å². The number of carboxylic acid groups (broad SMARTS) is 1. The number of hydrogen-bond acceptors (Lipinski definition) is 8. The van der Waals surface area contributed by atoms with Crippen LogP contribution in [0.5, 0.6) is 0 Å². The number of carbonyl (C=O) groups is 3. The molecule has 0 radical (unpaired) electrons. The first-order chi connectivity index (χ1) is 17.8. The summed E-state index contributed by atoms with van der Waals surface area (Å²) >= 11 is 1.26. The predicted octanol–water partition coefficient (Wildman–Crippen LogP) is 1.09. The summed E-state index contributed by atoms with van der Waals surface area (Å²) in [5.41, 5.74) is 16.6.